The topological polar surface area (TPSA) is 9.23 Å². The van der Waals surface area contributed by atoms with Gasteiger partial charge in [0, 0.05) is 5.92 Å². The fourth-order valence-electron chi connectivity index (χ4n) is 4.47. The highest BCUT2D eigenvalue weighted by atomic mass is 16.5. The van der Waals surface area contributed by atoms with Gasteiger partial charge in [0.25, 0.3) is 0 Å². The molecule has 0 aromatic carbocycles. The van der Waals surface area contributed by atoms with Gasteiger partial charge in [-0.05, 0) is 93.7 Å². The summed E-state index contributed by atoms with van der Waals surface area (Å²) in [7, 11) is 0. The second-order valence-electron chi connectivity index (χ2n) is 8.18. The second kappa shape index (κ2) is 8.82. The van der Waals surface area contributed by atoms with Gasteiger partial charge in [0.05, 0.1) is 0 Å². The molecular formula is C27H34O. The summed E-state index contributed by atoms with van der Waals surface area (Å²) in [5, 5.41) is 0. The van der Waals surface area contributed by atoms with Crippen molar-refractivity contribution >= 4 is 0 Å². The summed E-state index contributed by atoms with van der Waals surface area (Å²) < 4.78 is 6.37. The van der Waals surface area contributed by atoms with E-state index in [-0.39, 0.29) is 6.10 Å². The summed E-state index contributed by atoms with van der Waals surface area (Å²) in [6.45, 7) is 17.6. The summed E-state index contributed by atoms with van der Waals surface area (Å²) in [5.74, 6) is 1.46. The number of hydrogen-bond donors (Lipinski definition) is 0. The summed E-state index contributed by atoms with van der Waals surface area (Å²) in [6.07, 6.45) is 18.5. The molecule has 0 amide bonds. The normalized spacial score (nSPS) is 28.1. The maximum absolute atomic E-state index is 6.37. The van der Waals surface area contributed by atoms with Crippen LogP contribution in [-0.4, -0.2) is 6.10 Å². The molecule has 0 fully saturated rings. The molecule has 1 nitrogen and oxygen atoms in total. The molecule has 0 spiro atoms. The molecule has 2 aliphatic carbocycles. The first-order chi connectivity index (χ1) is 13.5. The third-order valence-electron chi connectivity index (χ3n) is 6.28. The first-order valence-electron chi connectivity index (χ1n) is 10.6. The standard InChI is InChI=1S/C27H34O/c1-7-11-26-21(6)25-17-20(5)22-12-9-10-13-23(22)24(16-18(3)8-2)19(4)14-15-27(25)28-26/h7-8,10-11,13,16,25,27H,4-5,9,12,14-15,17H2,1-3,6H3/b11-7-,18-8-,24-16+. The number of hydrogen-bond acceptors (Lipinski definition) is 1. The van der Waals surface area contributed by atoms with Crippen LogP contribution in [0.25, 0.3) is 0 Å². The number of fused-ring (bicyclic) bond motifs is 1. The summed E-state index contributed by atoms with van der Waals surface area (Å²) >= 11 is 0. The van der Waals surface area contributed by atoms with Crippen LogP contribution in [0.1, 0.15) is 59.8 Å². The van der Waals surface area contributed by atoms with Gasteiger partial charge in [-0.3, -0.25) is 0 Å². The van der Waals surface area contributed by atoms with Crippen molar-refractivity contribution in [3.63, 3.8) is 0 Å². The SMILES string of the molecule is C=C1CC2C(C)=C(/C=C\C)OC2CCC(=C)/C(=C\C(C)=C/C)C2=C1CCC=C2. The van der Waals surface area contributed by atoms with E-state index < -0.39 is 0 Å². The molecule has 0 aromatic rings. The lowest BCUT2D eigenvalue weighted by molar-refractivity contribution is 0.111. The Morgan fingerprint density at radius 2 is 1.96 bits per heavy atom. The van der Waals surface area contributed by atoms with Gasteiger partial charge < -0.3 is 4.74 Å². The van der Waals surface area contributed by atoms with Gasteiger partial charge in [-0.2, -0.15) is 0 Å². The maximum Gasteiger partial charge on any atom is 0.118 e. The third-order valence-corrected chi connectivity index (χ3v) is 6.28. The van der Waals surface area contributed by atoms with Crippen molar-refractivity contribution < 1.29 is 4.74 Å². The van der Waals surface area contributed by atoms with Crippen LogP contribution in [0.15, 0.2) is 94.4 Å². The molecule has 0 saturated carbocycles. The van der Waals surface area contributed by atoms with E-state index in [2.05, 4.69) is 70.4 Å². The molecule has 1 heteroatoms. The van der Waals surface area contributed by atoms with Crippen molar-refractivity contribution in [2.45, 2.75) is 65.9 Å². The first kappa shape index (κ1) is 20.5. The molecule has 3 aliphatic rings. The lowest BCUT2D eigenvalue weighted by Crippen LogP contribution is -2.21. The minimum Gasteiger partial charge on any atom is -0.490 e. The quantitative estimate of drug-likeness (QED) is 0.481. The summed E-state index contributed by atoms with van der Waals surface area (Å²) in [4.78, 5) is 0. The third kappa shape index (κ3) is 4.09. The van der Waals surface area contributed by atoms with Crippen molar-refractivity contribution in [3.05, 3.63) is 94.4 Å². The van der Waals surface area contributed by atoms with Gasteiger partial charge in [0.2, 0.25) is 0 Å². The lowest BCUT2D eigenvalue weighted by Gasteiger charge is -2.28. The zero-order chi connectivity index (χ0) is 20.3. The molecule has 2 unspecified atom stereocenters. The predicted molar refractivity (Wildman–Crippen MR) is 121 cm³/mol. The Bertz CT molecular complexity index is 851. The van der Waals surface area contributed by atoms with E-state index in [1.54, 1.807) is 0 Å². The van der Waals surface area contributed by atoms with Crippen LogP contribution >= 0.6 is 0 Å². The van der Waals surface area contributed by atoms with Gasteiger partial charge in [-0.15, -0.1) is 0 Å². The Morgan fingerprint density at radius 1 is 1.18 bits per heavy atom. The van der Waals surface area contributed by atoms with Crippen LogP contribution < -0.4 is 0 Å². The fraction of sp³-hybridized carbons (Fsp3) is 0.407. The molecule has 148 valence electrons. The fourth-order valence-corrected chi connectivity index (χ4v) is 4.47. The highest BCUT2D eigenvalue weighted by Gasteiger charge is 2.35. The molecule has 0 aromatic heterocycles. The smallest absolute Gasteiger partial charge is 0.118 e. The molecular weight excluding hydrogens is 340 g/mol. The van der Waals surface area contributed by atoms with Crippen LogP contribution in [0.3, 0.4) is 0 Å². The Kier molecular flexibility index (Phi) is 6.44. The van der Waals surface area contributed by atoms with Crippen LogP contribution in [0, 0.1) is 5.92 Å². The average Bonchev–Trinajstić information content (AvgIpc) is 2.99. The Balaban J connectivity index is 2.07. The number of ether oxygens (including phenoxy) is 1. The Hall–Kier alpha value is -2.28. The Labute approximate surface area is 171 Å². The first-order valence-corrected chi connectivity index (χ1v) is 10.6. The molecule has 1 aliphatic heterocycles. The Morgan fingerprint density at radius 3 is 2.68 bits per heavy atom. The summed E-state index contributed by atoms with van der Waals surface area (Å²) in [6, 6.07) is 0. The summed E-state index contributed by atoms with van der Waals surface area (Å²) in [5.41, 5.74) is 9.11. The van der Waals surface area contributed by atoms with Crippen LogP contribution in [0.5, 0.6) is 0 Å². The van der Waals surface area contributed by atoms with E-state index in [4.69, 9.17) is 4.74 Å². The zero-order valence-electron chi connectivity index (χ0n) is 18.0. The molecule has 0 N–H and O–H groups in total. The second-order valence-corrected chi connectivity index (χ2v) is 8.18. The van der Waals surface area contributed by atoms with E-state index in [1.807, 2.05) is 6.92 Å². The number of rotatable bonds is 2. The van der Waals surface area contributed by atoms with E-state index in [9.17, 15) is 0 Å². The van der Waals surface area contributed by atoms with Gasteiger partial charge in [-0.1, -0.05) is 54.7 Å². The van der Waals surface area contributed by atoms with Crippen molar-refractivity contribution in [2.24, 2.45) is 5.92 Å². The maximum atomic E-state index is 6.37. The molecule has 28 heavy (non-hydrogen) atoms. The molecule has 0 bridgehead atoms. The molecule has 0 radical (unpaired) electrons. The van der Waals surface area contributed by atoms with Crippen LogP contribution in [0.4, 0.5) is 0 Å². The van der Waals surface area contributed by atoms with Gasteiger partial charge in [0.15, 0.2) is 0 Å². The predicted octanol–water partition coefficient (Wildman–Crippen LogP) is 7.69. The highest BCUT2D eigenvalue weighted by molar-refractivity contribution is 5.60. The van der Waals surface area contributed by atoms with Crippen LogP contribution in [0.2, 0.25) is 0 Å². The van der Waals surface area contributed by atoms with E-state index >= 15 is 0 Å². The average molecular weight is 375 g/mol. The lowest BCUT2D eigenvalue weighted by atomic mass is 9.77. The minimum atomic E-state index is 0.213. The van der Waals surface area contributed by atoms with Crippen molar-refractivity contribution in [1.82, 2.24) is 0 Å². The number of allylic oxidation sites excluding steroid dienone is 12. The molecule has 2 atom stereocenters. The van der Waals surface area contributed by atoms with Gasteiger partial charge >= 0.3 is 0 Å². The molecule has 1 heterocycles. The van der Waals surface area contributed by atoms with Crippen molar-refractivity contribution in [1.29, 1.82) is 0 Å². The zero-order valence-corrected chi connectivity index (χ0v) is 18.0. The van der Waals surface area contributed by atoms with Gasteiger partial charge in [-0.25, -0.2) is 0 Å². The molecule has 3 rings (SSSR count). The highest BCUT2D eigenvalue weighted by Crippen LogP contribution is 2.43. The largest absolute Gasteiger partial charge is 0.490 e. The van der Waals surface area contributed by atoms with Gasteiger partial charge in [0.1, 0.15) is 11.9 Å². The van der Waals surface area contributed by atoms with E-state index in [0.29, 0.717) is 5.92 Å². The van der Waals surface area contributed by atoms with Crippen LogP contribution in [-0.2, 0) is 4.74 Å². The van der Waals surface area contributed by atoms with Crippen molar-refractivity contribution in [2.75, 3.05) is 0 Å². The van der Waals surface area contributed by atoms with Crippen molar-refractivity contribution in [3.8, 4) is 0 Å². The van der Waals surface area contributed by atoms with E-state index in [1.165, 1.54) is 39.0 Å². The minimum absolute atomic E-state index is 0.213. The monoisotopic (exact) mass is 374 g/mol. The van der Waals surface area contributed by atoms with E-state index in [0.717, 1.165) is 37.9 Å². The molecule has 0 saturated heterocycles.